The molecule has 1 saturated carbocycles. The van der Waals surface area contributed by atoms with E-state index < -0.39 is 18.0 Å². The summed E-state index contributed by atoms with van der Waals surface area (Å²) in [6, 6.07) is 1.11. The van der Waals surface area contributed by atoms with Crippen molar-refractivity contribution in [1.29, 1.82) is 0 Å². The summed E-state index contributed by atoms with van der Waals surface area (Å²) in [6.45, 7) is 0. The third-order valence-corrected chi connectivity index (χ3v) is 4.27. The first-order valence-electron chi connectivity index (χ1n) is 8.06. The number of nitrogens with zero attached hydrogens (tertiary/aromatic N) is 4. The molecular formula is C16H19F2N5O2. The maximum absolute atomic E-state index is 13.1. The number of carbonyl (C=O) groups is 1. The number of rotatable bonds is 5. The highest BCUT2D eigenvalue weighted by molar-refractivity contribution is 5.90. The first kappa shape index (κ1) is 17.4. The van der Waals surface area contributed by atoms with Gasteiger partial charge in [-0.2, -0.15) is 0 Å². The Labute approximate surface area is 143 Å². The third kappa shape index (κ3) is 4.16. The van der Waals surface area contributed by atoms with E-state index in [1.807, 2.05) is 0 Å². The second kappa shape index (κ2) is 7.64. The second-order valence-corrected chi connectivity index (χ2v) is 5.93. The van der Waals surface area contributed by atoms with Crippen LogP contribution in [0.25, 0.3) is 5.82 Å². The third-order valence-electron chi connectivity index (χ3n) is 4.27. The maximum Gasteiger partial charge on any atom is 0.289 e. The number of ether oxygens (including phenoxy) is 1. The van der Waals surface area contributed by atoms with Crippen molar-refractivity contribution in [3.05, 3.63) is 36.3 Å². The molecule has 1 aliphatic carbocycles. The molecule has 2 aromatic heterocycles. The standard InChI is InChI=1S/C16H19F2N5O2/c1-25-11-4-2-10(3-5-11)20-16(24)15-21-12(14(17)18)8-13(22-15)23-7-6-19-9-23/h6-11,14H,2-5H2,1H3,(H,20,24)/t10-,11-. The van der Waals surface area contributed by atoms with E-state index in [0.717, 1.165) is 31.7 Å². The number of alkyl halides is 2. The zero-order chi connectivity index (χ0) is 17.8. The predicted octanol–water partition coefficient (Wildman–Crippen LogP) is 2.29. The lowest BCUT2D eigenvalue weighted by Gasteiger charge is -2.28. The largest absolute Gasteiger partial charge is 0.381 e. The first-order chi connectivity index (χ1) is 12.1. The number of aromatic nitrogens is 4. The molecule has 0 atom stereocenters. The Kier molecular flexibility index (Phi) is 5.32. The molecule has 0 spiro atoms. The molecule has 0 saturated heterocycles. The van der Waals surface area contributed by atoms with E-state index in [1.165, 1.54) is 17.1 Å². The number of methoxy groups -OCH3 is 1. The lowest BCUT2D eigenvalue weighted by molar-refractivity contribution is 0.0597. The van der Waals surface area contributed by atoms with Crippen molar-refractivity contribution in [2.75, 3.05) is 7.11 Å². The Balaban J connectivity index is 1.77. The lowest BCUT2D eigenvalue weighted by Crippen LogP contribution is -2.39. The van der Waals surface area contributed by atoms with Crippen LogP contribution in [0.3, 0.4) is 0 Å². The molecular weight excluding hydrogens is 332 g/mol. The molecule has 25 heavy (non-hydrogen) atoms. The van der Waals surface area contributed by atoms with E-state index in [2.05, 4.69) is 20.3 Å². The Morgan fingerprint density at radius 2 is 2.08 bits per heavy atom. The van der Waals surface area contributed by atoms with Crippen molar-refractivity contribution in [3.8, 4) is 5.82 Å². The summed E-state index contributed by atoms with van der Waals surface area (Å²) in [6.07, 6.45) is 5.13. The first-order valence-corrected chi connectivity index (χ1v) is 8.06. The highest BCUT2D eigenvalue weighted by Crippen LogP contribution is 2.22. The predicted molar refractivity (Wildman–Crippen MR) is 84.6 cm³/mol. The number of imidazole rings is 1. The molecule has 3 rings (SSSR count). The summed E-state index contributed by atoms with van der Waals surface area (Å²) >= 11 is 0. The molecule has 0 aliphatic heterocycles. The van der Waals surface area contributed by atoms with Gasteiger partial charge < -0.3 is 10.1 Å². The fourth-order valence-electron chi connectivity index (χ4n) is 2.89. The monoisotopic (exact) mass is 351 g/mol. The molecule has 2 aromatic rings. The zero-order valence-corrected chi connectivity index (χ0v) is 13.7. The lowest BCUT2D eigenvalue weighted by atomic mass is 9.93. The minimum Gasteiger partial charge on any atom is -0.381 e. The molecule has 0 radical (unpaired) electrons. The van der Waals surface area contributed by atoms with Gasteiger partial charge in [-0.3, -0.25) is 9.36 Å². The van der Waals surface area contributed by atoms with Crippen LogP contribution in [0.1, 0.15) is 48.4 Å². The summed E-state index contributed by atoms with van der Waals surface area (Å²) < 4.78 is 33.0. The summed E-state index contributed by atoms with van der Waals surface area (Å²) in [5.74, 6) is -0.642. The van der Waals surface area contributed by atoms with Gasteiger partial charge in [-0.25, -0.2) is 23.7 Å². The SMILES string of the molecule is CO[C@H]1CC[C@H](NC(=O)c2nc(C(F)F)cc(-n3ccnc3)n2)CC1. The van der Waals surface area contributed by atoms with Gasteiger partial charge in [-0.05, 0) is 25.7 Å². The summed E-state index contributed by atoms with van der Waals surface area (Å²) in [5.41, 5.74) is -0.494. The Bertz CT molecular complexity index is 715. The molecule has 9 heteroatoms. The summed E-state index contributed by atoms with van der Waals surface area (Å²) in [4.78, 5) is 24.1. The van der Waals surface area contributed by atoms with Gasteiger partial charge in [0.25, 0.3) is 12.3 Å². The number of hydrogen-bond donors (Lipinski definition) is 1. The number of amides is 1. The van der Waals surface area contributed by atoms with Crippen molar-refractivity contribution < 1.29 is 18.3 Å². The van der Waals surface area contributed by atoms with Crippen LogP contribution in [0.2, 0.25) is 0 Å². The van der Waals surface area contributed by atoms with E-state index in [1.54, 1.807) is 13.3 Å². The van der Waals surface area contributed by atoms with Crippen LogP contribution in [0, 0.1) is 0 Å². The summed E-state index contributed by atoms with van der Waals surface area (Å²) in [5, 5.41) is 2.83. The molecule has 1 N–H and O–H groups in total. The molecule has 134 valence electrons. The molecule has 2 heterocycles. The second-order valence-electron chi connectivity index (χ2n) is 5.93. The molecule has 7 nitrogen and oxygen atoms in total. The van der Waals surface area contributed by atoms with E-state index >= 15 is 0 Å². The van der Waals surface area contributed by atoms with Crippen molar-refractivity contribution in [2.45, 2.75) is 44.3 Å². The number of nitrogens with one attached hydrogen (secondary N) is 1. The fraction of sp³-hybridized carbons (Fsp3) is 0.500. The molecule has 1 amide bonds. The quantitative estimate of drug-likeness (QED) is 0.894. The average Bonchev–Trinajstić information content (AvgIpc) is 3.16. The fourth-order valence-corrected chi connectivity index (χ4v) is 2.89. The zero-order valence-electron chi connectivity index (χ0n) is 13.7. The maximum atomic E-state index is 13.1. The van der Waals surface area contributed by atoms with E-state index in [9.17, 15) is 13.6 Å². The van der Waals surface area contributed by atoms with E-state index in [-0.39, 0.29) is 23.8 Å². The van der Waals surface area contributed by atoms with Gasteiger partial charge in [0.05, 0.1) is 6.10 Å². The van der Waals surface area contributed by atoms with Crippen molar-refractivity contribution in [3.63, 3.8) is 0 Å². The van der Waals surface area contributed by atoms with Crippen LogP contribution in [0.15, 0.2) is 24.8 Å². The Hall–Kier alpha value is -2.42. The van der Waals surface area contributed by atoms with Gasteiger partial charge >= 0.3 is 0 Å². The van der Waals surface area contributed by atoms with Gasteiger partial charge in [-0.1, -0.05) is 0 Å². The van der Waals surface area contributed by atoms with E-state index in [4.69, 9.17) is 4.74 Å². The van der Waals surface area contributed by atoms with Gasteiger partial charge in [0.2, 0.25) is 5.82 Å². The Morgan fingerprint density at radius 1 is 1.32 bits per heavy atom. The van der Waals surface area contributed by atoms with Crippen LogP contribution in [-0.2, 0) is 4.74 Å². The van der Waals surface area contributed by atoms with Crippen molar-refractivity contribution in [2.24, 2.45) is 0 Å². The van der Waals surface area contributed by atoms with Crippen LogP contribution in [-0.4, -0.2) is 44.7 Å². The minimum atomic E-state index is -2.80. The van der Waals surface area contributed by atoms with Crippen molar-refractivity contribution in [1.82, 2.24) is 24.8 Å². The summed E-state index contributed by atoms with van der Waals surface area (Å²) in [7, 11) is 1.67. The molecule has 1 aliphatic rings. The number of hydrogen-bond acceptors (Lipinski definition) is 5. The minimum absolute atomic E-state index is 0.0330. The smallest absolute Gasteiger partial charge is 0.289 e. The highest BCUT2D eigenvalue weighted by atomic mass is 19.3. The van der Waals surface area contributed by atoms with Crippen LogP contribution in [0.5, 0.6) is 0 Å². The topological polar surface area (TPSA) is 81.9 Å². The Morgan fingerprint density at radius 3 is 2.68 bits per heavy atom. The van der Waals surface area contributed by atoms with Crippen LogP contribution >= 0.6 is 0 Å². The highest BCUT2D eigenvalue weighted by Gasteiger charge is 2.24. The van der Waals surface area contributed by atoms with Gasteiger partial charge in [-0.15, -0.1) is 0 Å². The van der Waals surface area contributed by atoms with E-state index in [0.29, 0.717) is 0 Å². The van der Waals surface area contributed by atoms with Crippen LogP contribution in [0.4, 0.5) is 8.78 Å². The van der Waals surface area contributed by atoms with Gasteiger partial charge in [0.1, 0.15) is 17.8 Å². The molecule has 1 fully saturated rings. The number of halogens is 2. The van der Waals surface area contributed by atoms with Crippen molar-refractivity contribution >= 4 is 5.91 Å². The van der Waals surface area contributed by atoms with Crippen LogP contribution < -0.4 is 5.32 Å². The molecule has 0 bridgehead atoms. The average molecular weight is 351 g/mol. The normalized spacial score (nSPS) is 20.6. The van der Waals surface area contributed by atoms with Gasteiger partial charge in [0.15, 0.2) is 0 Å². The molecule has 0 unspecified atom stereocenters. The van der Waals surface area contributed by atoms with Gasteiger partial charge in [0, 0.05) is 31.6 Å². The molecule has 0 aromatic carbocycles. The number of carbonyl (C=O) groups excluding carboxylic acids is 1.